The van der Waals surface area contributed by atoms with Gasteiger partial charge in [-0.25, -0.2) is 0 Å². The SMILES string of the molecule is CC(C)c1ccc(C(C)(C)C)c[n+]1O. The van der Waals surface area contributed by atoms with Crippen LogP contribution in [0.25, 0.3) is 0 Å². The monoisotopic (exact) mass is 194 g/mol. The summed E-state index contributed by atoms with van der Waals surface area (Å²) in [5.41, 5.74) is 2.17. The first-order valence-corrected chi connectivity index (χ1v) is 5.07. The Morgan fingerprint density at radius 2 is 1.79 bits per heavy atom. The molecule has 1 N–H and O–H groups in total. The molecule has 1 aromatic heterocycles. The first-order valence-electron chi connectivity index (χ1n) is 5.07. The van der Waals surface area contributed by atoms with Gasteiger partial charge in [0.15, 0.2) is 0 Å². The third kappa shape index (κ3) is 2.25. The molecule has 0 saturated heterocycles. The Morgan fingerprint density at radius 1 is 1.21 bits per heavy atom. The summed E-state index contributed by atoms with van der Waals surface area (Å²) in [5, 5.41) is 9.74. The lowest BCUT2D eigenvalue weighted by atomic mass is 9.88. The van der Waals surface area contributed by atoms with E-state index in [4.69, 9.17) is 0 Å². The molecule has 2 heteroatoms. The van der Waals surface area contributed by atoms with E-state index in [0.717, 1.165) is 11.3 Å². The third-order valence-corrected chi connectivity index (χ3v) is 2.42. The average molecular weight is 194 g/mol. The maximum absolute atomic E-state index is 9.74. The topological polar surface area (TPSA) is 24.1 Å². The molecular formula is C12H20NO+. The number of nitrogens with zero attached hydrogens (tertiary/aromatic N) is 1. The van der Waals surface area contributed by atoms with Crippen molar-refractivity contribution in [1.29, 1.82) is 0 Å². The van der Waals surface area contributed by atoms with Gasteiger partial charge in [0, 0.05) is 22.3 Å². The van der Waals surface area contributed by atoms with Crippen LogP contribution in [-0.4, -0.2) is 5.21 Å². The first-order chi connectivity index (χ1) is 6.32. The molecule has 0 unspecified atom stereocenters. The lowest BCUT2D eigenvalue weighted by Gasteiger charge is -2.16. The molecule has 14 heavy (non-hydrogen) atoms. The van der Waals surface area contributed by atoms with Crippen LogP contribution in [0.3, 0.4) is 0 Å². The van der Waals surface area contributed by atoms with Crippen molar-refractivity contribution in [1.82, 2.24) is 0 Å². The van der Waals surface area contributed by atoms with E-state index in [0.29, 0.717) is 5.92 Å². The predicted molar refractivity (Wildman–Crippen MR) is 56.6 cm³/mol. The summed E-state index contributed by atoms with van der Waals surface area (Å²) in [5.74, 6) is 0.342. The molecule has 0 fully saturated rings. The van der Waals surface area contributed by atoms with E-state index in [-0.39, 0.29) is 5.41 Å². The number of rotatable bonds is 1. The molecule has 0 bridgehead atoms. The summed E-state index contributed by atoms with van der Waals surface area (Å²) in [6, 6.07) is 4.08. The van der Waals surface area contributed by atoms with E-state index < -0.39 is 0 Å². The molecule has 2 nitrogen and oxygen atoms in total. The minimum Gasteiger partial charge on any atom is -0.285 e. The number of hydrogen-bond donors (Lipinski definition) is 1. The zero-order chi connectivity index (χ0) is 10.9. The van der Waals surface area contributed by atoms with Crippen LogP contribution in [0, 0.1) is 0 Å². The van der Waals surface area contributed by atoms with Crippen LogP contribution < -0.4 is 4.73 Å². The van der Waals surface area contributed by atoms with Crippen molar-refractivity contribution in [2.75, 3.05) is 0 Å². The molecule has 0 aliphatic heterocycles. The quantitative estimate of drug-likeness (QED) is 0.539. The maximum Gasteiger partial charge on any atom is 0.236 e. The summed E-state index contributed by atoms with van der Waals surface area (Å²) in [4.78, 5) is 0. The standard InChI is InChI=1S/C12H20NO/c1-9(2)11-7-6-10(8-13(11)14)12(3,4)5/h6-9,14H,1-5H3/q+1. The van der Waals surface area contributed by atoms with Crippen LogP contribution >= 0.6 is 0 Å². The Kier molecular flexibility index (Phi) is 2.84. The molecule has 1 aromatic rings. The highest BCUT2D eigenvalue weighted by molar-refractivity contribution is 5.18. The lowest BCUT2D eigenvalue weighted by Crippen LogP contribution is -2.37. The highest BCUT2D eigenvalue weighted by Crippen LogP contribution is 2.21. The molecule has 78 valence electrons. The van der Waals surface area contributed by atoms with Crippen molar-refractivity contribution in [3.05, 3.63) is 29.6 Å². The van der Waals surface area contributed by atoms with E-state index in [1.54, 1.807) is 6.20 Å². The molecule has 0 aliphatic rings. The second-order valence-corrected chi connectivity index (χ2v) is 5.09. The van der Waals surface area contributed by atoms with E-state index in [2.05, 4.69) is 40.7 Å². The fourth-order valence-corrected chi connectivity index (χ4v) is 1.40. The average Bonchev–Trinajstić information content (AvgIpc) is 2.01. The smallest absolute Gasteiger partial charge is 0.236 e. The van der Waals surface area contributed by atoms with Crippen LogP contribution in [0.4, 0.5) is 0 Å². The van der Waals surface area contributed by atoms with Gasteiger partial charge in [-0.05, 0) is 11.5 Å². The van der Waals surface area contributed by atoms with Gasteiger partial charge >= 0.3 is 0 Å². The van der Waals surface area contributed by atoms with Gasteiger partial charge in [0.1, 0.15) is 0 Å². The second-order valence-electron chi connectivity index (χ2n) is 5.09. The molecule has 0 atom stereocenters. The van der Waals surface area contributed by atoms with Crippen molar-refractivity contribution >= 4 is 0 Å². The molecule has 1 heterocycles. The van der Waals surface area contributed by atoms with Crippen molar-refractivity contribution in [3.8, 4) is 0 Å². The molecule has 0 saturated carbocycles. The molecular weight excluding hydrogens is 174 g/mol. The van der Waals surface area contributed by atoms with Crippen LogP contribution in [0.5, 0.6) is 0 Å². The fourth-order valence-electron chi connectivity index (χ4n) is 1.40. The maximum atomic E-state index is 9.74. The van der Waals surface area contributed by atoms with Gasteiger partial charge in [-0.15, -0.1) is 0 Å². The summed E-state index contributed by atoms with van der Waals surface area (Å²) >= 11 is 0. The molecule has 1 rings (SSSR count). The fraction of sp³-hybridized carbons (Fsp3) is 0.583. The van der Waals surface area contributed by atoms with E-state index >= 15 is 0 Å². The van der Waals surface area contributed by atoms with Crippen LogP contribution in [0.1, 0.15) is 51.8 Å². The highest BCUT2D eigenvalue weighted by Gasteiger charge is 2.21. The summed E-state index contributed by atoms with van der Waals surface area (Å²) in [6.45, 7) is 10.5. The van der Waals surface area contributed by atoms with Gasteiger partial charge in [0.25, 0.3) is 0 Å². The molecule has 0 amide bonds. The molecule has 0 aliphatic carbocycles. The van der Waals surface area contributed by atoms with Gasteiger partial charge in [0.05, 0.1) is 0 Å². The van der Waals surface area contributed by atoms with Gasteiger partial charge in [0.2, 0.25) is 11.9 Å². The lowest BCUT2D eigenvalue weighted by molar-refractivity contribution is -0.910. The van der Waals surface area contributed by atoms with Crippen molar-refractivity contribution in [3.63, 3.8) is 0 Å². The second kappa shape index (κ2) is 3.60. The number of pyridine rings is 1. The van der Waals surface area contributed by atoms with Gasteiger partial charge in [-0.2, -0.15) is 0 Å². The normalized spacial score (nSPS) is 12.1. The van der Waals surface area contributed by atoms with E-state index in [1.807, 2.05) is 6.07 Å². The van der Waals surface area contributed by atoms with Crippen LogP contribution in [0.15, 0.2) is 18.3 Å². The Morgan fingerprint density at radius 3 is 2.14 bits per heavy atom. The first kappa shape index (κ1) is 11.0. The van der Waals surface area contributed by atoms with Crippen LogP contribution in [0.2, 0.25) is 0 Å². The van der Waals surface area contributed by atoms with Gasteiger partial charge in [-0.3, -0.25) is 5.21 Å². The Balaban J connectivity index is 3.13. The van der Waals surface area contributed by atoms with Crippen LogP contribution in [-0.2, 0) is 5.41 Å². The summed E-state index contributed by atoms with van der Waals surface area (Å²) < 4.78 is 1.24. The Labute approximate surface area is 86.2 Å². The number of aromatic nitrogens is 1. The Bertz CT molecular complexity index is 324. The van der Waals surface area contributed by atoms with Crippen molar-refractivity contribution < 1.29 is 9.94 Å². The van der Waals surface area contributed by atoms with Crippen molar-refractivity contribution in [2.24, 2.45) is 0 Å². The third-order valence-electron chi connectivity index (χ3n) is 2.42. The minimum atomic E-state index is 0.0833. The van der Waals surface area contributed by atoms with Gasteiger partial charge in [-0.1, -0.05) is 34.6 Å². The van der Waals surface area contributed by atoms with Gasteiger partial charge < -0.3 is 0 Å². The zero-order valence-electron chi connectivity index (χ0n) is 9.70. The molecule has 0 radical (unpaired) electrons. The zero-order valence-corrected chi connectivity index (χ0v) is 9.70. The summed E-state index contributed by atoms with van der Waals surface area (Å²) in [7, 11) is 0. The largest absolute Gasteiger partial charge is 0.285 e. The van der Waals surface area contributed by atoms with Crippen molar-refractivity contribution in [2.45, 2.75) is 46.0 Å². The minimum absolute atomic E-state index is 0.0833. The Hall–Kier alpha value is -1.05. The predicted octanol–water partition coefficient (Wildman–Crippen LogP) is 2.63. The summed E-state index contributed by atoms with van der Waals surface area (Å²) in [6.07, 6.45) is 1.80. The molecule has 0 spiro atoms. The van der Waals surface area contributed by atoms with E-state index in [9.17, 15) is 5.21 Å². The highest BCUT2D eigenvalue weighted by atomic mass is 16.5. The number of hydrogen-bond acceptors (Lipinski definition) is 1. The molecule has 0 aromatic carbocycles. The van der Waals surface area contributed by atoms with E-state index in [1.165, 1.54) is 4.73 Å².